The molecular weight excluding hydrogens is 899 g/mol. The first kappa shape index (κ1) is 70.8. The monoisotopic (exact) mass is 1020 g/mol. The third kappa shape index (κ3) is 58.9. The third-order valence-corrected chi connectivity index (χ3v) is 14.8. The molecule has 0 spiro atoms. The van der Waals surface area contributed by atoms with E-state index in [1.54, 1.807) is 6.08 Å². The van der Waals surface area contributed by atoms with Gasteiger partial charge in [0.1, 0.15) is 0 Å². The first-order valence-corrected chi connectivity index (χ1v) is 32.4. The van der Waals surface area contributed by atoms with E-state index in [-0.39, 0.29) is 18.5 Å². The van der Waals surface area contributed by atoms with Gasteiger partial charge in [0.2, 0.25) is 5.91 Å². The van der Waals surface area contributed by atoms with Crippen LogP contribution in [0.5, 0.6) is 0 Å². The van der Waals surface area contributed by atoms with Crippen LogP contribution in [-0.4, -0.2) is 47.4 Å². The minimum Gasteiger partial charge on any atom is -0.466 e. The fourth-order valence-corrected chi connectivity index (χ4v) is 9.86. The van der Waals surface area contributed by atoms with E-state index in [0.717, 1.165) is 77.0 Å². The molecule has 0 aromatic carbocycles. The summed E-state index contributed by atoms with van der Waals surface area (Å²) < 4.78 is 5.47. The van der Waals surface area contributed by atoms with Crippen molar-refractivity contribution < 1.29 is 24.5 Å². The molecule has 0 aliphatic heterocycles. The molecule has 0 aliphatic rings. The molecule has 0 aromatic rings. The van der Waals surface area contributed by atoms with Gasteiger partial charge in [-0.1, -0.05) is 287 Å². The van der Waals surface area contributed by atoms with Crippen molar-refractivity contribution in [2.75, 3.05) is 13.2 Å². The number of amides is 1. The van der Waals surface area contributed by atoms with Crippen molar-refractivity contribution in [3.63, 3.8) is 0 Å². The van der Waals surface area contributed by atoms with Gasteiger partial charge < -0.3 is 20.3 Å². The molecule has 0 saturated carbocycles. The predicted octanol–water partition coefficient (Wildman–Crippen LogP) is 20.5. The van der Waals surface area contributed by atoms with Crippen LogP contribution in [0.4, 0.5) is 0 Å². The summed E-state index contributed by atoms with van der Waals surface area (Å²) >= 11 is 0. The summed E-state index contributed by atoms with van der Waals surface area (Å²) in [6.07, 6.45) is 80.1. The van der Waals surface area contributed by atoms with Crippen molar-refractivity contribution in [2.45, 2.75) is 353 Å². The molecule has 1 amide bonds. The lowest BCUT2D eigenvalue weighted by Crippen LogP contribution is -2.45. The van der Waals surface area contributed by atoms with E-state index in [0.29, 0.717) is 19.4 Å². The molecule has 0 bridgehead atoms. The first-order chi connectivity index (χ1) is 36.0. The Balaban J connectivity index is 3.49. The lowest BCUT2D eigenvalue weighted by Gasteiger charge is -2.20. The summed E-state index contributed by atoms with van der Waals surface area (Å²) in [4.78, 5) is 24.6. The molecule has 0 aromatic heterocycles. The van der Waals surface area contributed by atoms with E-state index in [9.17, 15) is 19.8 Å². The van der Waals surface area contributed by atoms with E-state index in [1.807, 2.05) is 6.08 Å². The zero-order valence-electron chi connectivity index (χ0n) is 48.9. The SMILES string of the molecule is CCCCCCCC/C=C\CCCCCCCCCCCC(=O)OCCCCC/C=C\C=C/CCCCCCCCCCCCC(=O)NC(CO)C(O)/C=C/CCCCCCCCCCCCCCCCCC. The van der Waals surface area contributed by atoms with Gasteiger partial charge in [0.25, 0.3) is 0 Å². The van der Waals surface area contributed by atoms with Crippen molar-refractivity contribution in [2.24, 2.45) is 0 Å². The number of esters is 1. The van der Waals surface area contributed by atoms with Gasteiger partial charge in [-0.25, -0.2) is 0 Å². The van der Waals surface area contributed by atoms with Crippen LogP contribution in [0.25, 0.3) is 0 Å². The van der Waals surface area contributed by atoms with Crippen LogP contribution in [0.2, 0.25) is 0 Å². The molecule has 0 aliphatic carbocycles. The zero-order chi connectivity index (χ0) is 52.9. The average Bonchev–Trinajstić information content (AvgIpc) is 3.39. The molecule has 2 unspecified atom stereocenters. The maximum Gasteiger partial charge on any atom is 0.305 e. The van der Waals surface area contributed by atoms with E-state index < -0.39 is 12.1 Å². The highest BCUT2D eigenvalue weighted by Gasteiger charge is 2.18. The van der Waals surface area contributed by atoms with E-state index in [4.69, 9.17) is 4.74 Å². The quantitative estimate of drug-likeness (QED) is 0.0244. The normalized spacial score (nSPS) is 12.9. The number of allylic oxidation sites excluding steroid dienone is 7. The van der Waals surface area contributed by atoms with E-state index >= 15 is 0 Å². The van der Waals surface area contributed by atoms with E-state index in [2.05, 4.69) is 55.6 Å². The summed E-state index contributed by atoms with van der Waals surface area (Å²) in [7, 11) is 0. The van der Waals surface area contributed by atoms with Gasteiger partial charge >= 0.3 is 5.97 Å². The fourth-order valence-electron chi connectivity index (χ4n) is 9.86. The number of aliphatic hydroxyl groups is 2. The highest BCUT2D eigenvalue weighted by molar-refractivity contribution is 5.76. The summed E-state index contributed by atoms with van der Waals surface area (Å²) in [5, 5.41) is 23.2. The standard InChI is InChI=1S/C67H125NO5/c1-3-5-7-9-11-13-15-17-19-21-24-29-33-37-41-45-49-53-57-61-67(72)73-62-58-54-50-46-42-38-34-30-26-23-25-28-32-36-40-44-48-52-56-60-66(71)68-64(63-69)65(70)59-55-51-47-43-39-35-31-27-22-20-18-16-14-12-10-8-6-4-2/h17,19,30,34,38,42,55,59,64-65,69-70H,3-16,18,20-29,31-33,35-37,39-41,43-54,56-58,60-63H2,1-2H3,(H,68,71)/b19-17-,34-30-,42-38-,59-55+. The highest BCUT2D eigenvalue weighted by Crippen LogP contribution is 2.17. The van der Waals surface area contributed by atoms with Gasteiger partial charge in [0.05, 0.1) is 25.4 Å². The number of carbonyl (C=O) groups is 2. The van der Waals surface area contributed by atoms with Gasteiger partial charge in [-0.05, 0) is 89.9 Å². The van der Waals surface area contributed by atoms with E-state index in [1.165, 1.54) is 238 Å². The van der Waals surface area contributed by atoms with Crippen molar-refractivity contribution in [1.29, 1.82) is 0 Å². The first-order valence-electron chi connectivity index (χ1n) is 32.4. The number of rotatable bonds is 60. The maximum absolute atomic E-state index is 12.5. The number of hydrogen-bond acceptors (Lipinski definition) is 5. The maximum atomic E-state index is 12.5. The Bertz CT molecular complexity index is 1230. The summed E-state index contributed by atoms with van der Waals surface area (Å²) in [5.41, 5.74) is 0. The summed E-state index contributed by atoms with van der Waals surface area (Å²) in [5.74, 6) is -0.0908. The third-order valence-electron chi connectivity index (χ3n) is 14.8. The van der Waals surface area contributed by atoms with Crippen LogP contribution in [-0.2, 0) is 14.3 Å². The molecule has 0 radical (unpaired) electrons. The lowest BCUT2D eigenvalue weighted by molar-refractivity contribution is -0.143. The van der Waals surface area contributed by atoms with Gasteiger partial charge in [-0.15, -0.1) is 0 Å². The van der Waals surface area contributed by atoms with Crippen LogP contribution >= 0.6 is 0 Å². The molecule has 73 heavy (non-hydrogen) atoms. The Morgan fingerprint density at radius 2 is 0.685 bits per heavy atom. The highest BCUT2D eigenvalue weighted by atomic mass is 16.5. The smallest absolute Gasteiger partial charge is 0.305 e. The van der Waals surface area contributed by atoms with Crippen molar-refractivity contribution in [1.82, 2.24) is 5.32 Å². The topological polar surface area (TPSA) is 95.9 Å². The van der Waals surface area contributed by atoms with Crippen LogP contribution in [0.15, 0.2) is 48.6 Å². The molecular formula is C67H125NO5. The second-order valence-electron chi connectivity index (χ2n) is 22.1. The Labute approximate surface area is 455 Å². The Kier molecular flexibility index (Phi) is 60.5. The number of ether oxygens (including phenoxy) is 1. The average molecular weight is 1020 g/mol. The van der Waals surface area contributed by atoms with Gasteiger partial charge in [-0.2, -0.15) is 0 Å². The number of carbonyl (C=O) groups excluding carboxylic acids is 2. The second-order valence-corrected chi connectivity index (χ2v) is 22.1. The number of hydrogen-bond donors (Lipinski definition) is 3. The Hall–Kier alpha value is -2.18. The number of aliphatic hydroxyl groups excluding tert-OH is 2. The summed E-state index contributed by atoms with van der Waals surface area (Å²) in [6.45, 7) is 4.88. The van der Waals surface area contributed by atoms with Crippen molar-refractivity contribution in [3.05, 3.63) is 48.6 Å². The Morgan fingerprint density at radius 3 is 1.05 bits per heavy atom. The lowest BCUT2D eigenvalue weighted by atomic mass is 10.0. The molecule has 3 N–H and O–H groups in total. The van der Waals surface area contributed by atoms with Crippen molar-refractivity contribution >= 4 is 11.9 Å². The van der Waals surface area contributed by atoms with Crippen molar-refractivity contribution in [3.8, 4) is 0 Å². The van der Waals surface area contributed by atoms with Crippen LogP contribution < -0.4 is 5.32 Å². The minimum atomic E-state index is -0.853. The van der Waals surface area contributed by atoms with Crippen LogP contribution in [0.1, 0.15) is 341 Å². The largest absolute Gasteiger partial charge is 0.466 e. The van der Waals surface area contributed by atoms with Gasteiger partial charge in [0, 0.05) is 12.8 Å². The van der Waals surface area contributed by atoms with Crippen LogP contribution in [0.3, 0.4) is 0 Å². The predicted molar refractivity (Wildman–Crippen MR) is 319 cm³/mol. The molecule has 6 heteroatoms. The Morgan fingerprint density at radius 1 is 0.384 bits per heavy atom. The van der Waals surface area contributed by atoms with Gasteiger partial charge in [-0.3, -0.25) is 9.59 Å². The number of nitrogens with one attached hydrogen (secondary N) is 1. The fraction of sp³-hybridized carbons (Fsp3) is 0.851. The van der Waals surface area contributed by atoms with Crippen LogP contribution in [0, 0.1) is 0 Å². The molecule has 2 atom stereocenters. The minimum absolute atomic E-state index is 0.0145. The molecule has 0 rings (SSSR count). The molecule has 6 nitrogen and oxygen atoms in total. The second kappa shape index (κ2) is 62.4. The molecule has 0 saturated heterocycles. The zero-order valence-corrected chi connectivity index (χ0v) is 48.9. The molecule has 428 valence electrons. The summed E-state index contributed by atoms with van der Waals surface area (Å²) in [6, 6.07) is -0.637. The van der Waals surface area contributed by atoms with Gasteiger partial charge in [0.15, 0.2) is 0 Å². The number of unbranched alkanes of at least 4 members (excludes halogenated alkanes) is 44. The molecule has 0 heterocycles. The molecule has 0 fully saturated rings.